The van der Waals surface area contributed by atoms with Gasteiger partial charge < -0.3 is 23.4 Å². The minimum absolute atomic E-state index is 0.0601. The Bertz CT molecular complexity index is 725. The van der Waals surface area contributed by atoms with Crippen LogP contribution in [0.2, 0.25) is 18.1 Å². The van der Waals surface area contributed by atoms with E-state index in [4.69, 9.17) is 23.4 Å². The normalized spacial score (nSPS) is 25.5. The number of ether oxygens (including phenoxy) is 4. The fourth-order valence-electron chi connectivity index (χ4n) is 4.18. The van der Waals surface area contributed by atoms with Gasteiger partial charge in [-0.05, 0) is 49.7 Å². The zero-order chi connectivity index (χ0) is 25.0. The van der Waals surface area contributed by atoms with Crippen LogP contribution in [0.3, 0.4) is 0 Å². The first kappa shape index (κ1) is 28.3. The third-order valence-electron chi connectivity index (χ3n) is 7.32. The molecule has 0 unspecified atom stereocenters. The molecule has 0 saturated carbocycles. The highest BCUT2D eigenvalue weighted by molar-refractivity contribution is 6.74. The van der Waals surface area contributed by atoms with Crippen molar-refractivity contribution in [3.05, 3.63) is 29.8 Å². The van der Waals surface area contributed by atoms with Crippen molar-refractivity contribution in [2.24, 2.45) is 17.8 Å². The summed E-state index contributed by atoms with van der Waals surface area (Å²) in [4.78, 5) is 0. The van der Waals surface area contributed by atoms with E-state index in [0.717, 1.165) is 17.9 Å². The van der Waals surface area contributed by atoms with E-state index in [0.29, 0.717) is 13.2 Å². The molecule has 0 bridgehead atoms. The summed E-state index contributed by atoms with van der Waals surface area (Å²) in [6.07, 6.45) is 0.137. The lowest BCUT2D eigenvalue weighted by molar-refractivity contribution is -0.336. The fourth-order valence-corrected chi connectivity index (χ4v) is 5.30. The van der Waals surface area contributed by atoms with Crippen LogP contribution in [0.1, 0.15) is 61.0 Å². The minimum Gasteiger partial charge on any atom is -0.497 e. The van der Waals surface area contributed by atoms with Crippen LogP contribution in [0.15, 0.2) is 24.3 Å². The molecule has 33 heavy (non-hydrogen) atoms. The highest BCUT2D eigenvalue weighted by Crippen LogP contribution is 2.40. The molecule has 1 heterocycles. The number of methoxy groups -OCH3 is 1. The third kappa shape index (κ3) is 7.79. The molecule has 0 aromatic heterocycles. The van der Waals surface area contributed by atoms with Gasteiger partial charge in [0.15, 0.2) is 14.1 Å². The average molecular weight is 481 g/mol. The SMILES string of the molecule is COc1ccc(COC[C@H](C)[C@H]2OC(C)(C)O[C@H]([C@@H](C)CO[Si](C)(C)C(C)(C)C)[C@@H]2C)cc1. The summed E-state index contributed by atoms with van der Waals surface area (Å²) in [6, 6.07) is 8.01. The molecule has 1 aromatic carbocycles. The van der Waals surface area contributed by atoms with Crippen LogP contribution in [0.4, 0.5) is 0 Å². The second-order valence-corrected chi connectivity index (χ2v) is 16.6. The summed E-state index contributed by atoms with van der Waals surface area (Å²) in [7, 11) is -0.120. The van der Waals surface area contributed by atoms with Crippen molar-refractivity contribution >= 4 is 8.32 Å². The number of rotatable bonds is 10. The molecule has 190 valence electrons. The summed E-state index contributed by atoms with van der Waals surface area (Å²) < 4.78 is 30.7. The second kappa shape index (κ2) is 11.2. The molecule has 0 amide bonds. The van der Waals surface area contributed by atoms with Crippen molar-refractivity contribution in [1.29, 1.82) is 0 Å². The monoisotopic (exact) mass is 480 g/mol. The smallest absolute Gasteiger partial charge is 0.191 e. The van der Waals surface area contributed by atoms with E-state index in [1.54, 1.807) is 7.11 Å². The Morgan fingerprint density at radius 2 is 1.48 bits per heavy atom. The van der Waals surface area contributed by atoms with Crippen LogP contribution in [0.5, 0.6) is 5.75 Å². The lowest BCUT2D eigenvalue weighted by atomic mass is 9.83. The maximum absolute atomic E-state index is 6.54. The van der Waals surface area contributed by atoms with Gasteiger partial charge in [0.25, 0.3) is 0 Å². The van der Waals surface area contributed by atoms with Gasteiger partial charge in [-0.1, -0.05) is 53.7 Å². The van der Waals surface area contributed by atoms with E-state index >= 15 is 0 Å². The molecule has 5 atom stereocenters. The summed E-state index contributed by atoms with van der Waals surface area (Å²) in [5.74, 6) is 1.01. The fraction of sp³-hybridized carbons (Fsp3) is 0.778. The lowest BCUT2D eigenvalue weighted by Crippen LogP contribution is -2.55. The topological polar surface area (TPSA) is 46.2 Å². The van der Waals surface area contributed by atoms with Gasteiger partial charge in [0.1, 0.15) is 5.75 Å². The quantitative estimate of drug-likeness (QED) is 0.350. The van der Waals surface area contributed by atoms with Gasteiger partial charge in [-0.2, -0.15) is 0 Å². The van der Waals surface area contributed by atoms with Crippen molar-refractivity contribution < 1.29 is 23.4 Å². The predicted molar refractivity (Wildman–Crippen MR) is 137 cm³/mol. The van der Waals surface area contributed by atoms with Gasteiger partial charge in [0.2, 0.25) is 0 Å². The molecular weight excluding hydrogens is 432 g/mol. The Kier molecular flexibility index (Phi) is 9.62. The van der Waals surface area contributed by atoms with Gasteiger partial charge in [-0.3, -0.25) is 0 Å². The van der Waals surface area contributed by atoms with Gasteiger partial charge >= 0.3 is 0 Å². The predicted octanol–water partition coefficient (Wildman–Crippen LogP) is 6.66. The Morgan fingerprint density at radius 1 is 0.970 bits per heavy atom. The van der Waals surface area contributed by atoms with E-state index in [-0.39, 0.29) is 35.0 Å². The highest BCUT2D eigenvalue weighted by Gasteiger charge is 2.46. The highest BCUT2D eigenvalue weighted by atomic mass is 28.4. The molecule has 1 aliphatic rings. The maximum Gasteiger partial charge on any atom is 0.191 e. The lowest BCUT2D eigenvalue weighted by Gasteiger charge is -2.49. The molecule has 1 aromatic rings. The summed E-state index contributed by atoms with van der Waals surface area (Å²) in [6.45, 7) is 24.1. The zero-order valence-electron chi connectivity index (χ0n) is 22.9. The van der Waals surface area contributed by atoms with E-state index in [2.05, 4.69) is 54.6 Å². The summed E-state index contributed by atoms with van der Waals surface area (Å²) in [5.41, 5.74) is 1.14. The Morgan fingerprint density at radius 3 is 1.97 bits per heavy atom. The minimum atomic E-state index is -1.80. The molecule has 0 spiro atoms. The molecule has 0 radical (unpaired) electrons. The molecule has 2 rings (SSSR count). The number of benzene rings is 1. The third-order valence-corrected chi connectivity index (χ3v) is 11.8. The van der Waals surface area contributed by atoms with Crippen molar-refractivity contribution in [3.63, 3.8) is 0 Å². The van der Waals surface area contributed by atoms with E-state index in [1.165, 1.54) is 0 Å². The molecule has 6 heteroatoms. The first-order chi connectivity index (χ1) is 15.2. The number of hydrogen-bond donors (Lipinski definition) is 0. The van der Waals surface area contributed by atoms with Gasteiger partial charge in [0.05, 0.1) is 32.5 Å². The van der Waals surface area contributed by atoms with Crippen LogP contribution in [0, 0.1) is 17.8 Å². The Labute approximate surface area is 203 Å². The van der Waals surface area contributed by atoms with Crippen LogP contribution in [-0.4, -0.2) is 46.6 Å². The molecule has 1 aliphatic heterocycles. The van der Waals surface area contributed by atoms with Gasteiger partial charge in [-0.25, -0.2) is 0 Å². The van der Waals surface area contributed by atoms with Crippen molar-refractivity contribution in [3.8, 4) is 5.75 Å². The summed E-state index contributed by atoms with van der Waals surface area (Å²) >= 11 is 0. The van der Waals surface area contributed by atoms with Gasteiger partial charge in [0, 0.05) is 24.4 Å². The van der Waals surface area contributed by atoms with Crippen LogP contribution < -0.4 is 4.74 Å². The molecule has 1 fully saturated rings. The average Bonchev–Trinajstić information content (AvgIpc) is 2.73. The van der Waals surface area contributed by atoms with Crippen molar-refractivity contribution in [1.82, 2.24) is 0 Å². The van der Waals surface area contributed by atoms with Crippen LogP contribution >= 0.6 is 0 Å². The molecule has 0 aliphatic carbocycles. The largest absolute Gasteiger partial charge is 0.497 e. The van der Waals surface area contributed by atoms with E-state index < -0.39 is 14.1 Å². The van der Waals surface area contributed by atoms with E-state index in [9.17, 15) is 0 Å². The second-order valence-electron chi connectivity index (χ2n) is 11.8. The van der Waals surface area contributed by atoms with E-state index in [1.807, 2.05) is 38.1 Å². The molecular formula is C27H48O5Si. The molecule has 0 N–H and O–H groups in total. The summed E-state index contributed by atoms with van der Waals surface area (Å²) in [5, 5.41) is 0.201. The van der Waals surface area contributed by atoms with Crippen molar-refractivity contribution in [2.45, 2.75) is 98.1 Å². The standard InChI is InChI=1S/C27H48O5Si/c1-19(16-29-18-22-12-14-23(28-9)15-13-22)24-21(3)25(32-27(7,8)31-24)20(2)17-30-33(10,11)26(4,5)6/h12-15,19-21,24-25H,16-18H2,1-11H3/t19-,20-,21+,24+,25+/m0/s1. The maximum atomic E-state index is 6.54. The zero-order valence-corrected chi connectivity index (χ0v) is 23.9. The Balaban J connectivity index is 1.97. The first-order valence-electron chi connectivity index (χ1n) is 12.4. The first-order valence-corrected chi connectivity index (χ1v) is 15.3. The molecule has 1 saturated heterocycles. The van der Waals surface area contributed by atoms with Crippen molar-refractivity contribution in [2.75, 3.05) is 20.3 Å². The van der Waals surface area contributed by atoms with Gasteiger partial charge in [-0.15, -0.1) is 0 Å². The van der Waals surface area contributed by atoms with Crippen LogP contribution in [0.25, 0.3) is 0 Å². The van der Waals surface area contributed by atoms with Crippen LogP contribution in [-0.2, 0) is 25.2 Å². The molecule has 5 nitrogen and oxygen atoms in total. The Hall–Kier alpha value is -0.923. The number of hydrogen-bond acceptors (Lipinski definition) is 5.